The molecule has 43 heavy (non-hydrogen) atoms. The van der Waals surface area contributed by atoms with E-state index in [1.807, 2.05) is 0 Å². The SMILES string of the molecule is C=CC(=O)Nc1cccc(Nc2nc(Nc3cnn(C)c3)ncc2-c2ccc(C(F)(F)F)cc2)c1F.O=C(O)C(F)(F)F. The summed E-state index contributed by atoms with van der Waals surface area (Å²) in [6.07, 6.45) is -3.94. The van der Waals surface area contributed by atoms with Crippen molar-refractivity contribution in [2.75, 3.05) is 16.0 Å². The molecule has 0 atom stereocenters. The molecule has 4 aromatic rings. The van der Waals surface area contributed by atoms with Gasteiger partial charge in [0.1, 0.15) is 5.82 Å². The Morgan fingerprint density at radius 2 is 1.60 bits per heavy atom. The number of halogens is 7. The Labute approximate surface area is 237 Å². The van der Waals surface area contributed by atoms with Crippen LogP contribution in [0.1, 0.15) is 5.56 Å². The van der Waals surface area contributed by atoms with Gasteiger partial charge in [0.25, 0.3) is 0 Å². The maximum Gasteiger partial charge on any atom is 0.490 e. The van der Waals surface area contributed by atoms with Gasteiger partial charge in [-0.2, -0.15) is 36.4 Å². The Morgan fingerprint density at radius 3 is 2.14 bits per heavy atom. The summed E-state index contributed by atoms with van der Waals surface area (Å²) in [5.41, 5.74) is 0.342. The third-order valence-electron chi connectivity index (χ3n) is 5.21. The highest BCUT2D eigenvalue weighted by Gasteiger charge is 2.38. The fourth-order valence-electron chi connectivity index (χ4n) is 3.24. The lowest BCUT2D eigenvalue weighted by Gasteiger charge is -2.15. The molecule has 1 amide bonds. The van der Waals surface area contributed by atoms with Gasteiger partial charge in [0.05, 0.1) is 28.8 Å². The molecule has 4 rings (SSSR count). The highest BCUT2D eigenvalue weighted by atomic mass is 19.4. The van der Waals surface area contributed by atoms with Crippen LogP contribution in [0.15, 0.2) is 73.7 Å². The second kappa shape index (κ2) is 13.0. The topological polar surface area (TPSA) is 134 Å². The molecule has 0 saturated heterocycles. The van der Waals surface area contributed by atoms with Crippen molar-refractivity contribution in [1.82, 2.24) is 19.7 Å². The zero-order chi connectivity index (χ0) is 31.9. The number of hydrogen-bond acceptors (Lipinski definition) is 7. The van der Waals surface area contributed by atoms with Gasteiger partial charge < -0.3 is 21.1 Å². The van der Waals surface area contributed by atoms with Gasteiger partial charge in [0, 0.05) is 25.0 Å². The van der Waals surface area contributed by atoms with Gasteiger partial charge in [-0.3, -0.25) is 9.48 Å². The monoisotopic (exact) mass is 611 g/mol. The van der Waals surface area contributed by atoms with Crippen LogP contribution < -0.4 is 16.0 Å². The lowest BCUT2D eigenvalue weighted by molar-refractivity contribution is -0.192. The second-order valence-corrected chi connectivity index (χ2v) is 8.35. The summed E-state index contributed by atoms with van der Waals surface area (Å²) in [6, 6.07) is 8.73. The van der Waals surface area contributed by atoms with Crippen molar-refractivity contribution in [3.8, 4) is 11.1 Å². The zero-order valence-corrected chi connectivity index (χ0v) is 21.8. The first-order chi connectivity index (χ1) is 20.1. The van der Waals surface area contributed by atoms with E-state index >= 15 is 4.39 Å². The molecule has 0 aliphatic carbocycles. The molecule has 0 fully saturated rings. The lowest BCUT2D eigenvalue weighted by atomic mass is 10.1. The van der Waals surface area contributed by atoms with E-state index in [0.29, 0.717) is 16.8 Å². The maximum absolute atomic E-state index is 15.1. The second-order valence-electron chi connectivity index (χ2n) is 8.35. The number of carbonyl (C=O) groups excluding carboxylic acids is 1. The van der Waals surface area contributed by atoms with E-state index in [4.69, 9.17) is 9.90 Å². The van der Waals surface area contributed by atoms with Crippen LogP contribution in [0.2, 0.25) is 0 Å². The van der Waals surface area contributed by atoms with Gasteiger partial charge in [-0.05, 0) is 35.9 Å². The molecule has 2 aromatic heterocycles. The number of carboxylic acid groups (broad SMARTS) is 1. The molecule has 4 N–H and O–H groups in total. The number of benzene rings is 2. The van der Waals surface area contributed by atoms with E-state index in [0.717, 1.165) is 18.2 Å². The summed E-state index contributed by atoms with van der Waals surface area (Å²) >= 11 is 0. The molecular formula is C26H20F7N7O3. The van der Waals surface area contributed by atoms with Crippen LogP contribution in [-0.2, 0) is 22.8 Å². The summed E-state index contributed by atoms with van der Waals surface area (Å²) in [5, 5.41) is 19.4. The van der Waals surface area contributed by atoms with E-state index in [1.165, 1.54) is 36.5 Å². The number of carboxylic acids is 1. The summed E-state index contributed by atoms with van der Waals surface area (Å²) < 4.78 is 87.5. The number of aryl methyl sites for hydroxylation is 1. The number of carbonyl (C=O) groups is 2. The minimum absolute atomic E-state index is 0.0314. The van der Waals surface area contributed by atoms with Crippen LogP contribution in [0.25, 0.3) is 11.1 Å². The average Bonchev–Trinajstić information content (AvgIpc) is 3.34. The van der Waals surface area contributed by atoms with E-state index < -0.39 is 35.6 Å². The van der Waals surface area contributed by atoms with Gasteiger partial charge in [0.15, 0.2) is 5.82 Å². The first-order valence-corrected chi connectivity index (χ1v) is 11.7. The van der Waals surface area contributed by atoms with Crippen LogP contribution in [0.3, 0.4) is 0 Å². The van der Waals surface area contributed by atoms with Gasteiger partial charge in [-0.15, -0.1) is 0 Å². The number of aliphatic carboxylic acids is 1. The fourth-order valence-corrected chi connectivity index (χ4v) is 3.24. The standard InChI is InChI=1S/C24H19F4N7O.C2HF3O2/c1-3-20(36)32-18-5-4-6-19(21(18)25)33-22-17(14-7-9-15(10-8-14)24(26,27)28)12-29-23(34-22)31-16-11-30-35(2)13-16;3-2(4,5)1(6)7/h3-13H,1H2,2H3,(H,32,36)(H2,29,31,33,34);(H,6,7). The normalized spacial score (nSPS) is 11.2. The first-order valence-electron chi connectivity index (χ1n) is 11.7. The molecular weight excluding hydrogens is 591 g/mol. The Morgan fingerprint density at radius 1 is 0.977 bits per heavy atom. The number of nitrogens with one attached hydrogen (secondary N) is 3. The predicted octanol–water partition coefficient (Wildman–Crippen LogP) is 6.28. The van der Waals surface area contributed by atoms with Gasteiger partial charge in [0.2, 0.25) is 11.9 Å². The van der Waals surface area contributed by atoms with Gasteiger partial charge >= 0.3 is 18.3 Å². The van der Waals surface area contributed by atoms with Crippen LogP contribution in [0, 0.1) is 5.82 Å². The Bertz CT molecular complexity index is 1620. The van der Waals surface area contributed by atoms with Crippen LogP contribution in [-0.4, -0.2) is 42.9 Å². The van der Waals surface area contributed by atoms with Gasteiger partial charge in [-0.1, -0.05) is 24.8 Å². The molecule has 0 saturated carbocycles. The van der Waals surface area contributed by atoms with E-state index in [1.54, 1.807) is 24.1 Å². The number of aromatic nitrogens is 4. The van der Waals surface area contributed by atoms with Crippen molar-refractivity contribution in [2.24, 2.45) is 7.05 Å². The molecule has 2 heterocycles. The number of rotatable bonds is 7. The molecule has 10 nitrogen and oxygen atoms in total. The Balaban J connectivity index is 0.000000646. The van der Waals surface area contributed by atoms with Crippen LogP contribution in [0.5, 0.6) is 0 Å². The predicted molar refractivity (Wildman–Crippen MR) is 141 cm³/mol. The Kier molecular flexibility index (Phi) is 9.69. The van der Waals surface area contributed by atoms with Crippen LogP contribution in [0.4, 0.5) is 59.6 Å². The molecule has 0 unspecified atom stereocenters. The van der Waals surface area contributed by atoms with Gasteiger partial charge in [-0.25, -0.2) is 14.2 Å². The first kappa shape index (κ1) is 32.0. The lowest BCUT2D eigenvalue weighted by Crippen LogP contribution is -2.21. The van der Waals surface area contributed by atoms with Crippen molar-refractivity contribution < 1.29 is 45.4 Å². The van der Waals surface area contributed by atoms with E-state index in [-0.39, 0.29) is 23.1 Å². The van der Waals surface area contributed by atoms with Crippen molar-refractivity contribution in [2.45, 2.75) is 12.4 Å². The number of anilines is 5. The molecule has 0 aliphatic rings. The van der Waals surface area contributed by atoms with Crippen molar-refractivity contribution >= 4 is 40.7 Å². The minimum atomic E-state index is -5.08. The van der Waals surface area contributed by atoms with Crippen LogP contribution >= 0.6 is 0 Å². The van der Waals surface area contributed by atoms with Crippen molar-refractivity contribution in [1.29, 1.82) is 0 Å². The number of hydrogen-bond donors (Lipinski definition) is 4. The zero-order valence-electron chi connectivity index (χ0n) is 21.8. The number of alkyl halides is 6. The summed E-state index contributed by atoms with van der Waals surface area (Å²) in [4.78, 5) is 29.2. The third-order valence-corrected chi connectivity index (χ3v) is 5.21. The van der Waals surface area contributed by atoms with E-state index in [2.05, 4.69) is 37.6 Å². The smallest absolute Gasteiger partial charge is 0.475 e. The molecule has 0 bridgehead atoms. The number of amides is 1. The fraction of sp³-hybridized carbons (Fsp3) is 0.115. The quantitative estimate of drug-likeness (QED) is 0.142. The Hall–Kier alpha value is -5.48. The maximum atomic E-state index is 15.1. The molecule has 226 valence electrons. The summed E-state index contributed by atoms with van der Waals surface area (Å²) in [5.74, 6) is -3.87. The third kappa shape index (κ3) is 8.75. The highest BCUT2D eigenvalue weighted by Crippen LogP contribution is 2.35. The van der Waals surface area contributed by atoms with Crippen molar-refractivity contribution in [3.63, 3.8) is 0 Å². The highest BCUT2D eigenvalue weighted by molar-refractivity contribution is 5.99. The molecule has 0 radical (unpaired) electrons. The number of nitrogens with zero attached hydrogens (tertiary/aromatic N) is 4. The average molecular weight is 611 g/mol. The molecule has 2 aromatic carbocycles. The molecule has 0 aliphatic heterocycles. The summed E-state index contributed by atoms with van der Waals surface area (Å²) in [6.45, 7) is 3.34. The van der Waals surface area contributed by atoms with E-state index in [9.17, 15) is 31.1 Å². The molecule has 17 heteroatoms. The van der Waals surface area contributed by atoms with Crippen molar-refractivity contribution in [3.05, 3.63) is 85.1 Å². The largest absolute Gasteiger partial charge is 0.490 e. The summed E-state index contributed by atoms with van der Waals surface area (Å²) in [7, 11) is 1.73. The minimum Gasteiger partial charge on any atom is -0.475 e. The molecule has 0 spiro atoms.